The lowest BCUT2D eigenvalue weighted by atomic mass is 10.1. The smallest absolute Gasteiger partial charge is 0.254 e. The van der Waals surface area contributed by atoms with Crippen molar-refractivity contribution in [2.45, 2.75) is 19.5 Å². The van der Waals surface area contributed by atoms with Crippen LogP contribution in [0.4, 0.5) is 0 Å². The van der Waals surface area contributed by atoms with Gasteiger partial charge in [0.1, 0.15) is 12.7 Å². The number of nitrogens with zero attached hydrogens (tertiary/aromatic N) is 5. The molecule has 0 bridgehead atoms. The molecule has 1 saturated heterocycles. The lowest BCUT2D eigenvalue weighted by Crippen LogP contribution is -2.52. The van der Waals surface area contributed by atoms with Gasteiger partial charge in [-0.15, -0.1) is 0 Å². The molecular formula is C16H21N5O. The van der Waals surface area contributed by atoms with Gasteiger partial charge in [0.05, 0.1) is 6.54 Å². The number of amides is 1. The van der Waals surface area contributed by atoms with Gasteiger partial charge in [-0.3, -0.25) is 4.79 Å². The monoisotopic (exact) mass is 299 g/mol. The molecule has 1 atom stereocenters. The van der Waals surface area contributed by atoms with Gasteiger partial charge in [0.2, 0.25) is 0 Å². The molecule has 0 saturated carbocycles. The first-order valence-corrected chi connectivity index (χ1v) is 7.54. The molecule has 1 fully saturated rings. The summed E-state index contributed by atoms with van der Waals surface area (Å²) < 4.78 is 1.76. The molecule has 2 aromatic rings. The Balaban J connectivity index is 1.68. The largest absolute Gasteiger partial charge is 0.333 e. The number of aromatic nitrogens is 3. The molecule has 0 aliphatic carbocycles. The molecule has 0 radical (unpaired) electrons. The van der Waals surface area contributed by atoms with E-state index in [-0.39, 0.29) is 11.9 Å². The number of rotatable bonds is 3. The van der Waals surface area contributed by atoms with Crippen LogP contribution < -0.4 is 0 Å². The minimum Gasteiger partial charge on any atom is -0.333 e. The second-order valence-corrected chi connectivity index (χ2v) is 5.90. The van der Waals surface area contributed by atoms with Crippen molar-refractivity contribution in [2.75, 3.05) is 26.7 Å². The number of carbonyl (C=O) groups is 1. The summed E-state index contributed by atoms with van der Waals surface area (Å²) in [6, 6.07) is 8.02. The number of piperazine rings is 1. The predicted octanol–water partition coefficient (Wildman–Crippen LogP) is 1.10. The molecule has 116 valence electrons. The molecular weight excluding hydrogens is 278 g/mol. The average molecular weight is 299 g/mol. The summed E-state index contributed by atoms with van der Waals surface area (Å²) in [5, 5.41) is 4.09. The molecule has 0 N–H and O–H groups in total. The molecule has 1 aliphatic rings. The van der Waals surface area contributed by atoms with Gasteiger partial charge < -0.3 is 9.80 Å². The van der Waals surface area contributed by atoms with Crippen LogP contribution in [0.5, 0.6) is 0 Å². The number of hydrogen-bond donors (Lipinski definition) is 0. The van der Waals surface area contributed by atoms with E-state index in [4.69, 9.17) is 0 Å². The third-order valence-electron chi connectivity index (χ3n) is 4.10. The van der Waals surface area contributed by atoms with Crippen LogP contribution in [0.25, 0.3) is 0 Å². The fourth-order valence-electron chi connectivity index (χ4n) is 2.86. The minimum absolute atomic E-state index is 0.118. The van der Waals surface area contributed by atoms with Crippen molar-refractivity contribution < 1.29 is 4.79 Å². The van der Waals surface area contributed by atoms with E-state index < -0.39 is 0 Å². The molecule has 1 aromatic heterocycles. The Hall–Kier alpha value is -2.21. The molecule has 2 heterocycles. The summed E-state index contributed by atoms with van der Waals surface area (Å²) in [6.07, 6.45) is 3.21. The Morgan fingerprint density at radius 1 is 1.27 bits per heavy atom. The molecule has 0 unspecified atom stereocenters. The SMILES string of the molecule is C[C@H]1CN(C)CCN1C(=O)c1ccc(Cn2cncn2)cc1. The topological polar surface area (TPSA) is 54.3 Å². The fourth-order valence-corrected chi connectivity index (χ4v) is 2.86. The second kappa shape index (κ2) is 6.27. The molecule has 22 heavy (non-hydrogen) atoms. The third kappa shape index (κ3) is 3.17. The number of hydrogen-bond acceptors (Lipinski definition) is 4. The van der Waals surface area contributed by atoms with Gasteiger partial charge in [-0.1, -0.05) is 12.1 Å². The van der Waals surface area contributed by atoms with Crippen LogP contribution in [0, 0.1) is 0 Å². The zero-order chi connectivity index (χ0) is 15.5. The van der Waals surface area contributed by atoms with Crippen molar-refractivity contribution in [3.63, 3.8) is 0 Å². The van der Waals surface area contributed by atoms with Crippen LogP contribution in [-0.4, -0.2) is 63.2 Å². The summed E-state index contributed by atoms with van der Waals surface area (Å²) in [5.74, 6) is 0.118. The van der Waals surface area contributed by atoms with Gasteiger partial charge in [0, 0.05) is 31.2 Å². The highest BCUT2D eigenvalue weighted by atomic mass is 16.2. The zero-order valence-corrected chi connectivity index (χ0v) is 13.0. The van der Waals surface area contributed by atoms with Gasteiger partial charge in [0.15, 0.2) is 0 Å². The maximum absolute atomic E-state index is 12.6. The Morgan fingerprint density at radius 2 is 2.05 bits per heavy atom. The van der Waals surface area contributed by atoms with Crippen LogP contribution in [0.1, 0.15) is 22.8 Å². The average Bonchev–Trinajstić information content (AvgIpc) is 3.00. The molecule has 6 heteroatoms. The highest BCUT2D eigenvalue weighted by Gasteiger charge is 2.26. The molecule has 1 aliphatic heterocycles. The van der Waals surface area contributed by atoms with E-state index in [1.165, 1.54) is 6.33 Å². The van der Waals surface area contributed by atoms with E-state index in [1.807, 2.05) is 29.2 Å². The van der Waals surface area contributed by atoms with Crippen molar-refractivity contribution in [3.8, 4) is 0 Å². The summed E-state index contributed by atoms with van der Waals surface area (Å²) >= 11 is 0. The van der Waals surface area contributed by atoms with E-state index in [9.17, 15) is 4.79 Å². The van der Waals surface area contributed by atoms with Crippen LogP contribution >= 0.6 is 0 Å². The summed E-state index contributed by atoms with van der Waals surface area (Å²) in [4.78, 5) is 20.8. The van der Waals surface area contributed by atoms with Gasteiger partial charge in [-0.25, -0.2) is 9.67 Å². The molecule has 1 aromatic carbocycles. The quantitative estimate of drug-likeness (QED) is 0.852. The maximum atomic E-state index is 12.6. The third-order valence-corrected chi connectivity index (χ3v) is 4.10. The van der Waals surface area contributed by atoms with Crippen molar-refractivity contribution in [1.82, 2.24) is 24.6 Å². The predicted molar refractivity (Wildman–Crippen MR) is 83.6 cm³/mol. The normalized spacial score (nSPS) is 19.4. The van der Waals surface area contributed by atoms with Crippen molar-refractivity contribution >= 4 is 5.91 Å². The Bertz CT molecular complexity index is 622. The molecule has 3 rings (SSSR count). The molecule has 0 spiro atoms. The first-order chi connectivity index (χ1) is 10.6. The van der Waals surface area contributed by atoms with Gasteiger partial charge in [0.25, 0.3) is 5.91 Å². The van der Waals surface area contributed by atoms with Gasteiger partial charge >= 0.3 is 0 Å². The Kier molecular flexibility index (Phi) is 4.20. The van der Waals surface area contributed by atoms with Crippen LogP contribution in [-0.2, 0) is 6.54 Å². The maximum Gasteiger partial charge on any atom is 0.254 e. The standard InChI is InChI=1S/C16H21N5O/c1-13-9-19(2)7-8-21(13)16(22)15-5-3-14(4-6-15)10-20-12-17-11-18-20/h3-6,11-13H,7-10H2,1-2H3/t13-/m0/s1. The van der Waals surface area contributed by atoms with E-state index in [1.54, 1.807) is 11.0 Å². The van der Waals surface area contributed by atoms with Crippen molar-refractivity contribution in [3.05, 3.63) is 48.0 Å². The lowest BCUT2D eigenvalue weighted by molar-refractivity contribution is 0.0533. The van der Waals surface area contributed by atoms with E-state index in [0.29, 0.717) is 6.54 Å². The lowest BCUT2D eigenvalue weighted by Gasteiger charge is -2.38. The highest BCUT2D eigenvalue weighted by molar-refractivity contribution is 5.94. The van der Waals surface area contributed by atoms with E-state index in [2.05, 4.69) is 29.0 Å². The first-order valence-electron chi connectivity index (χ1n) is 7.54. The Morgan fingerprint density at radius 3 is 2.68 bits per heavy atom. The number of carbonyl (C=O) groups excluding carboxylic acids is 1. The fraction of sp³-hybridized carbons (Fsp3) is 0.438. The summed E-state index contributed by atoms with van der Waals surface area (Å²) in [6.45, 7) is 5.42. The van der Waals surface area contributed by atoms with Crippen LogP contribution in [0.3, 0.4) is 0 Å². The number of benzene rings is 1. The molecule has 1 amide bonds. The second-order valence-electron chi connectivity index (χ2n) is 5.90. The van der Waals surface area contributed by atoms with Crippen molar-refractivity contribution in [2.24, 2.45) is 0 Å². The first kappa shape index (κ1) is 14.7. The van der Waals surface area contributed by atoms with E-state index in [0.717, 1.165) is 30.8 Å². The molecule has 6 nitrogen and oxygen atoms in total. The van der Waals surface area contributed by atoms with Crippen LogP contribution in [0.15, 0.2) is 36.9 Å². The zero-order valence-electron chi connectivity index (χ0n) is 13.0. The Labute approximate surface area is 130 Å². The highest BCUT2D eigenvalue weighted by Crippen LogP contribution is 2.14. The van der Waals surface area contributed by atoms with E-state index >= 15 is 0 Å². The van der Waals surface area contributed by atoms with Crippen molar-refractivity contribution in [1.29, 1.82) is 0 Å². The minimum atomic E-state index is 0.118. The summed E-state index contributed by atoms with van der Waals surface area (Å²) in [5.41, 5.74) is 1.85. The summed E-state index contributed by atoms with van der Waals surface area (Å²) in [7, 11) is 2.09. The van der Waals surface area contributed by atoms with Gasteiger partial charge in [-0.2, -0.15) is 5.10 Å². The van der Waals surface area contributed by atoms with Crippen LogP contribution in [0.2, 0.25) is 0 Å². The van der Waals surface area contributed by atoms with Gasteiger partial charge in [-0.05, 0) is 31.7 Å². The number of likely N-dealkylation sites (N-methyl/N-ethyl adjacent to an activating group) is 1.